The highest BCUT2D eigenvalue weighted by molar-refractivity contribution is 5.89. The van der Waals surface area contributed by atoms with Gasteiger partial charge in [0.25, 0.3) is 5.88 Å². The van der Waals surface area contributed by atoms with Gasteiger partial charge in [0.15, 0.2) is 11.9 Å². The molecule has 0 radical (unpaired) electrons. The van der Waals surface area contributed by atoms with E-state index in [9.17, 15) is 9.59 Å². The lowest BCUT2D eigenvalue weighted by atomic mass is 9.85. The summed E-state index contributed by atoms with van der Waals surface area (Å²) < 4.78 is 12.3. The van der Waals surface area contributed by atoms with Gasteiger partial charge in [-0.3, -0.25) is 4.57 Å². The second kappa shape index (κ2) is 11.1. The Hall–Kier alpha value is -5.13. The van der Waals surface area contributed by atoms with Crippen LogP contribution in [0.2, 0.25) is 0 Å². The Morgan fingerprint density at radius 2 is 1.90 bits per heavy atom. The molecule has 39 heavy (non-hydrogen) atoms. The Morgan fingerprint density at radius 1 is 1.15 bits per heavy atom. The predicted octanol–water partition coefficient (Wildman–Crippen LogP) is 5.29. The lowest BCUT2D eigenvalue weighted by molar-refractivity contribution is 0.164. The lowest BCUT2D eigenvalue weighted by Crippen LogP contribution is -2.24. The summed E-state index contributed by atoms with van der Waals surface area (Å²) in [4.78, 5) is 27.3. The average Bonchev–Trinajstić information content (AvgIpc) is 3.23. The third kappa shape index (κ3) is 6.60. The van der Waals surface area contributed by atoms with Crippen LogP contribution in [0, 0.1) is 12.3 Å². The number of rotatable bonds is 6. The number of nitrogen functional groups attached to an aromatic ring is 1. The van der Waals surface area contributed by atoms with Crippen LogP contribution in [0.1, 0.15) is 38.0 Å². The van der Waals surface area contributed by atoms with Crippen LogP contribution in [0.4, 0.5) is 21.1 Å². The fourth-order valence-corrected chi connectivity index (χ4v) is 3.75. The second-order valence-electron chi connectivity index (χ2n) is 9.86. The van der Waals surface area contributed by atoms with Crippen molar-refractivity contribution in [3.63, 3.8) is 0 Å². The number of benzene rings is 2. The van der Waals surface area contributed by atoms with Crippen molar-refractivity contribution >= 4 is 23.6 Å². The van der Waals surface area contributed by atoms with Gasteiger partial charge < -0.3 is 26.3 Å². The third-order valence-corrected chi connectivity index (χ3v) is 5.80. The number of hydrogen-bond acceptors (Lipinski definition) is 8. The van der Waals surface area contributed by atoms with E-state index in [2.05, 4.69) is 46.8 Å². The second-order valence-corrected chi connectivity index (χ2v) is 9.86. The molecule has 4 rings (SSSR count). The lowest BCUT2D eigenvalue weighted by Gasteiger charge is -2.28. The molecule has 12 nitrogen and oxygen atoms in total. The molecule has 12 heteroatoms. The first-order chi connectivity index (χ1) is 18.5. The minimum absolute atomic E-state index is 0.0947. The number of primary amides is 1. The van der Waals surface area contributed by atoms with Crippen LogP contribution < -0.4 is 26.9 Å². The number of amides is 3. The van der Waals surface area contributed by atoms with Crippen molar-refractivity contribution in [1.29, 1.82) is 0 Å². The molecule has 0 aliphatic carbocycles. The number of imidazole rings is 1. The summed E-state index contributed by atoms with van der Waals surface area (Å²) in [6.07, 6.45) is 3.59. The summed E-state index contributed by atoms with van der Waals surface area (Å²) in [5, 5.41) is 10.9. The number of aromatic nitrogens is 2. The molecule has 0 fully saturated rings. The number of carbonyl (C=O) groups is 2. The van der Waals surface area contributed by atoms with E-state index in [-0.39, 0.29) is 17.1 Å². The minimum atomic E-state index is -1.02. The predicted molar refractivity (Wildman–Crippen MR) is 146 cm³/mol. The number of urea groups is 1. The molecule has 3 amide bonds. The molecule has 6 N–H and O–H groups in total. The van der Waals surface area contributed by atoms with Gasteiger partial charge in [0.2, 0.25) is 0 Å². The van der Waals surface area contributed by atoms with Gasteiger partial charge in [-0.2, -0.15) is 4.98 Å². The molecule has 1 unspecified atom stereocenters. The number of allylic oxidation sites excluding steroid dienone is 2. The molecule has 2 aromatic carbocycles. The van der Waals surface area contributed by atoms with E-state index >= 15 is 0 Å². The van der Waals surface area contributed by atoms with Crippen molar-refractivity contribution in [3.8, 4) is 11.6 Å². The number of nitrogens with zero attached hydrogens (tertiary/aromatic N) is 4. The SMILES string of the molecule is Cc1cccc(C2OC=C(C(C)(C)C)C=C2N=NNC(=O)Nc2ccc(-n3cnc(OC(N)=O)c3N)cc2)c1. The first-order valence-electron chi connectivity index (χ1n) is 12.0. The molecular weight excluding hydrogens is 500 g/mol. The molecule has 0 saturated carbocycles. The molecule has 1 aromatic heterocycles. The molecule has 3 aromatic rings. The molecule has 0 spiro atoms. The van der Waals surface area contributed by atoms with Crippen LogP contribution in [0.3, 0.4) is 0 Å². The summed E-state index contributed by atoms with van der Waals surface area (Å²) in [6, 6.07) is 14.1. The summed E-state index contributed by atoms with van der Waals surface area (Å²) >= 11 is 0. The smallest absolute Gasteiger partial charge is 0.411 e. The van der Waals surface area contributed by atoms with Gasteiger partial charge in [-0.25, -0.2) is 15.0 Å². The molecule has 202 valence electrons. The van der Waals surface area contributed by atoms with Gasteiger partial charge in [-0.15, -0.1) is 5.11 Å². The summed E-state index contributed by atoms with van der Waals surface area (Å²) in [7, 11) is 0. The van der Waals surface area contributed by atoms with E-state index in [1.807, 2.05) is 37.3 Å². The van der Waals surface area contributed by atoms with Crippen molar-refractivity contribution in [2.24, 2.45) is 21.5 Å². The molecule has 0 bridgehead atoms. The van der Waals surface area contributed by atoms with Crippen molar-refractivity contribution in [2.75, 3.05) is 11.1 Å². The van der Waals surface area contributed by atoms with Gasteiger partial charge in [0, 0.05) is 11.4 Å². The molecule has 2 heterocycles. The van der Waals surface area contributed by atoms with Crippen molar-refractivity contribution in [3.05, 3.63) is 89.6 Å². The van der Waals surface area contributed by atoms with E-state index in [0.29, 0.717) is 17.1 Å². The molecular formula is C27H30N8O4. The van der Waals surface area contributed by atoms with Crippen LogP contribution in [0.25, 0.3) is 5.69 Å². The first kappa shape index (κ1) is 26.9. The highest BCUT2D eigenvalue weighted by Crippen LogP contribution is 2.37. The normalized spacial score (nSPS) is 15.2. The first-order valence-corrected chi connectivity index (χ1v) is 12.0. The Kier molecular flexibility index (Phi) is 7.65. The van der Waals surface area contributed by atoms with Gasteiger partial charge in [-0.1, -0.05) is 55.8 Å². The van der Waals surface area contributed by atoms with Crippen LogP contribution in [0.5, 0.6) is 5.88 Å². The maximum absolute atomic E-state index is 12.5. The minimum Gasteiger partial charge on any atom is -0.487 e. The zero-order valence-electron chi connectivity index (χ0n) is 22.0. The van der Waals surface area contributed by atoms with E-state index in [1.165, 1.54) is 10.9 Å². The maximum Gasteiger partial charge on any atom is 0.411 e. The quantitative estimate of drug-likeness (QED) is 0.249. The van der Waals surface area contributed by atoms with Crippen LogP contribution >= 0.6 is 0 Å². The topological polar surface area (TPSA) is 171 Å². The van der Waals surface area contributed by atoms with E-state index in [0.717, 1.165) is 16.7 Å². The summed E-state index contributed by atoms with van der Waals surface area (Å²) in [5.74, 6) is 0.00441. The standard InChI is InChI=1S/C27H30N8O4/c1-16-6-5-7-17(12-16)22-21(13-18(14-38-22)27(2,3)4)32-34-33-26(37)31-19-8-10-20(11-9-19)35-15-30-24(23(35)28)39-25(29)36/h5-15,22H,28H2,1-4H3,(H2,29,36)(H2,31,32,33,37). The maximum atomic E-state index is 12.5. The number of nitrogens with two attached hydrogens (primary N) is 2. The Balaban J connectivity index is 1.42. The highest BCUT2D eigenvalue weighted by Gasteiger charge is 2.26. The average molecular weight is 531 g/mol. The Morgan fingerprint density at radius 3 is 2.56 bits per heavy atom. The summed E-state index contributed by atoms with van der Waals surface area (Å²) in [5.41, 5.74) is 17.9. The van der Waals surface area contributed by atoms with Gasteiger partial charge in [0.05, 0.1) is 6.26 Å². The van der Waals surface area contributed by atoms with Crippen molar-refractivity contribution < 1.29 is 19.1 Å². The highest BCUT2D eigenvalue weighted by atomic mass is 16.6. The van der Waals surface area contributed by atoms with Gasteiger partial charge >= 0.3 is 12.1 Å². The number of hydrogen-bond donors (Lipinski definition) is 4. The Bertz CT molecular complexity index is 1470. The Labute approximate surface area is 225 Å². The van der Waals surface area contributed by atoms with E-state index in [1.54, 1.807) is 30.5 Å². The molecule has 0 saturated heterocycles. The summed E-state index contributed by atoms with van der Waals surface area (Å²) in [6.45, 7) is 8.23. The van der Waals surface area contributed by atoms with E-state index in [4.69, 9.17) is 20.9 Å². The molecule has 1 aliphatic heterocycles. The number of aryl methyl sites for hydroxylation is 1. The van der Waals surface area contributed by atoms with Gasteiger partial charge in [0.1, 0.15) is 12.0 Å². The van der Waals surface area contributed by atoms with Crippen LogP contribution in [-0.2, 0) is 4.74 Å². The van der Waals surface area contributed by atoms with Crippen molar-refractivity contribution in [2.45, 2.75) is 33.8 Å². The fraction of sp³-hybridized carbons (Fsp3) is 0.222. The third-order valence-electron chi connectivity index (χ3n) is 5.80. The zero-order chi connectivity index (χ0) is 28.2. The number of nitrogens with one attached hydrogen (secondary N) is 2. The van der Waals surface area contributed by atoms with Crippen molar-refractivity contribution in [1.82, 2.24) is 15.0 Å². The molecule has 1 aliphatic rings. The number of carbonyl (C=O) groups excluding carboxylic acids is 2. The van der Waals surface area contributed by atoms with Crippen LogP contribution in [0.15, 0.2) is 88.8 Å². The van der Waals surface area contributed by atoms with E-state index < -0.39 is 18.2 Å². The number of anilines is 2. The zero-order valence-corrected chi connectivity index (χ0v) is 22.0. The van der Waals surface area contributed by atoms with Crippen LogP contribution in [-0.4, -0.2) is 21.7 Å². The monoisotopic (exact) mass is 530 g/mol. The van der Waals surface area contributed by atoms with Gasteiger partial charge in [-0.05, 0) is 53.8 Å². The molecule has 1 atom stereocenters. The largest absolute Gasteiger partial charge is 0.487 e. The number of ether oxygens (including phenoxy) is 2. The fourth-order valence-electron chi connectivity index (χ4n) is 3.75.